The maximum Gasteiger partial charge on any atom is 0.233 e. The van der Waals surface area contributed by atoms with Crippen LogP contribution in [0.1, 0.15) is 39.0 Å². The average molecular weight is 403 g/mol. The summed E-state index contributed by atoms with van der Waals surface area (Å²) < 4.78 is 0. The number of likely N-dealkylation sites (tertiary alicyclic amines) is 1. The third-order valence-corrected chi connectivity index (χ3v) is 5.98. The van der Waals surface area contributed by atoms with E-state index in [-0.39, 0.29) is 17.1 Å². The van der Waals surface area contributed by atoms with E-state index in [4.69, 9.17) is 23.2 Å². The van der Waals surface area contributed by atoms with Gasteiger partial charge in [-0.25, -0.2) is 0 Å². The van der Waals surface area contributed by atoms with E-state index in [9.17, 15) is 9.59 Å². The zero-order valence-electron chi connectivity index (χ0n) is 14.4. The first-order valence-corrected chi connectivity index (χ1v) is 10.3. The van der Waals surface area contributed by atoms with Crippen molar-refractivity contribution in [3.8, 4) is 0 Å². The van der Waals surface area contributed by atoms with Crippen LogP contribution in [0.5, 0.6) is 0 Å². The zero-order valence-corrected chi connectivity index (χ0v) is 16.7. The van der Waals surface area contributed by atoms with E-state index in [1.54, 1.807) is 18.2 Å². The molecule has 0 saturated carbocycles. The maximum absolute atomic E-state index is 12.2. The Bertz CT molecular complexity index is 613. The predicted octanol–water partition coefficient (Wildman–Crippen LogP) is 4.38. The van der Waals surface area contributed by atoms with Gasteiger partial charge in [-0.2, -0.15) is 0 Å². The van der Waals surface area contributed by atoms with Crippen molar-refractivity contribution in [3.05, 3.63) is 28.2 Å². The Kier molecular flexibility index (Phi) is 8.40. The lowest BCUT2D eigenvalue weighted by Crippen LogP contribution is -2.36. The molecule has 138 valence electrons. The number of amides is 2. The molecule has 7 heteroatoms. The minimum atomic E-state index is -0.268. The summed E-state index contributed by atoms with van der Waals surface area (Å²) in [6.45, 7) is 3.96. The molecular formula is C18H24Cl2N2O2S. The molecule has 1 aliphatic rings. The molecule has 4 nitrogen and oxygen atoms in total. The van der Waals surface area contributed by atoms with Crippen LogP contribution in [0.15, 0.2) is 23.1 Å². The van der Waals surface area contributed by atoms with Crippen LogP contribution < -0.4 is 5.32 Å². The van der Waals surface area contributed by atoms with Crippen LogP contribution in [0.25, 0.3) is 0 Å². The highest BCUT2D eigenvalue weighted by molar-refractivity contribution is 8.00. The molecule has 1 atom stereocenters. The van der Waals surface area contributed by atoms with Crippen molar-refractivity contribution in [2.75, 3.05) is 19.6 Å². The molecule has 0 aliphatic carbocycles. The second-order valence-corrected chi connectivity index (χ2v) is 8.40. The van der Waals surface area contributed by atoms with Crippen LogP contribution in [0, 0.1) is 0 Å². The molecule has 0 spiro atoms. The van der Waals surface area contributed by atoms with Crippen LogP contribution >= 0.6 is 35.0 Å². The smallest absolute Gasteiger partial charge is 0.233 e. The number of carbonyl (C=O) groups is 2. The third kappa shape index (κ3) is 6.72. The van der Waals surface area contributed by atoms with Crippen LogP contribution in [0.2, 0.25) is 10.0 Å². The normalized spacial score (nSPS) is 16.4. The van der Waals surface area contributed by atoms with Gasteiger partial charge in [-0.05, 0) is 44.4 Å². The minimum Gasteiger partial charge on any atom is -0.355 e. The summed E-state index contributed by atoms with van der Waals surface area (Å²) in [5.41, 5.74) is 0. The SMILES string of the molecule is CC(Sc1cc(Cl)ccc1Cl)C(=O)NCCCN1CCCCCC1=O. The van der Waals surface area contributed by atoms with Crippen LogP contribution in [-0.2, 0) is 9.59 Å². The van der Waals surface area contributed by atoms with Crippen molar-refractivity contribution in [3.63, 3.8) is 0 Å². The van der Waals surface area contributed by atoms with Gasteiger partial charge in [0, 0.05) is 36.0 Å². The second-order valence-electron chi connectivity index (χ2n) is 6.17. The lowest BCUT2D eigenvalue weighted by molar-refractivity contribution is -0.130. The standard InChI is InChI=1S/C18H24Cl2N2O2S/c1-13(25-16-12-14(19)7-8-15(16)20)18(24)21-9-5-11-22-10-4-2-3-6-17(22)23/h7-8,12-13H,2-6,9-11H2,1H3,(H,21,24). The highest BCUT2D eigenvalue weighted by atomic mass is 35.5. The van der Waals surface area contributed by atoms with Gasteiger partial charge in [-0.1, -0.05) is 29.6 Å². The molecule has 2 rings (SSSR count). The fourth-order valence-electron chi connectivity index (χ4n) is 2.71. The van der Waals surface area contributed by atoms with Crippen molar-refractivity contribution in [2.45, 2.75) is 49.2 Å². The van der Waals surface area contributed by atoms with Crippen molar-refractivity contribution in [1.29, 1.82) is 0 Å². The molecular weight excluding hydrogens is 379 g/mol. The Morgan fingerprint density at radius 3 is 2.92 bits per heavy atom. The Morgan fingerprint density at radius 1 is 1.32 bits per heavy atom. The molecule has 1 aromatic carbocycles. The van der Waals surface area contributed by atoms with Gasteiger partial charge < -0.3 is 10.2 Å². The third-order valence-electron chi connectivity index (χ3n) is 4.14. The average Bonchev–Trinajstić information content (AvgIpc) is 2.79. The van der Waals surface area contributed by atoms with Gasteiger partial charge in [0.1, 0.15) is 0 Å². The van der Waals surface area contributed by atoms with Crippen molar-refractivity contribution in [1.82, 2.24) is 10.2 Å². The van der Waals surface area contributed by atoms with Gasteiger partial charge in [-0.3, -0.25) is 9.59 Å². The predicted molar refractivity (Wildman–Crippen MR) is 104 cm³/mol. The van der Waals surface area contributed by atoms with E-state index in [0.29, 0.717) is 29.6 Å². The molecule has 25 heavy (non-hydrogen) atoms. The van der Waals surface area contributed by atoms with Gasteiger partial charge in [0.25, 0.3) is 0 Å². The summed E-state index contributed by atoms with van der Waals surface area (Å²) in [6, 6.07) is 5.22. The van der Waals surface area contributed by atoms with Crippen molar-refractivity contribution >= 4 is 46.8 Å². The Morgan fingerprint density at radius 2 is 2.12 bits per heavy atom. The Hall–Kier alpha value is -0.910. The Labute approximate surface area is 163 Å². The van der Waals surface area contributed by atoms with Crippen molar-refractivity contribution < 1.29 is 9.59 Å². The zero-order chi connectivity index (χ0) is 18.2. The number of carbonyl (C=O) groups excluding carboxylic acids is 2. The first kappa shape index (κ1) is 20.4. The van der Waals surface area contributed by atoms with Gasteiger partial charge >= 0.3 is 0 Å². The van der Waals surface area contributed by atoms with Crippen LogP contribution in [0.3, 0.4) is 0 Å². The lowest BCUT2D eigenvalue weighted by atomic mass is 10.2. The number of halogens is 2. The molecule has 2 amide bonds. The molecule has 1 aliphatic heterocycles. The summed E-state index contributed by atoms with van der Waals surface area (Å²) in [5, 5.41) is 3.86. The lowest BCUT2D eigenvalue weighted by Gasteiger charge is -2.20. The fraction of sp³-hybridized carbons (Fsp3) is 0.556. The summed E-state index contributed by atoms with van der Waals surface area (Å²) in [6.07, 6.45) is 4.62. The van der Waals surface area contributed by atoms with E-state index < -0.39 is 0 Å². The first-order valence-electron chi connectivity index (χ1n) is 8.64. The fourth-order valence-corrected chi connectivity index (χ4v) is 4.15. The van der Waals surface area contributed by atoms with Crippen LogP contribution in [-0.4, -0.2) is 41.6 Å². The van der Waals surface area contributed by atoms with E-state index in [2.05, 4.69) is 5.32 Å². The molecule has 1 N–H and O–H groups in total. The number of hydrogen-bond acceptors (Lipinski definition) is 3. The number of hydrogen-bond donors (Lipinski definition) is 1. The van der Waals surface area contributed by atoms with E-state index in [1.807, 2.05) is 11.8 Å². The number of rotatable bonds is 7. The summed E-state index contributed by atoms with van der Waals surface area (Å²) in [7, 11) is 0. The molecule has 1 aromatic rings. The largest absolute Gasteiger partial charge is 0.355 e. The Balaban J connectivity index is 1.72. The highest BCUT2D eigenvalue weighted by Gasteiger charge is 2.18. The van der Waals surface area contributed by atoms with Crippen molar-refractivity contribution in [2.24, 2.45) is 0 Å². The molecule has 0 radical (unpaired) electrons. The molecule has 1 unspecified atom stereocenters. The van der Waals surface area contributed by atoms with Gasteiger partial charge in [0.05, 0.1) is 10.3 Å². The van der Waals surface area contributed by atoms with E-state index in [1.165, 1.54) is 11.8 Å². The first-order chi connectivity index (χ1) is 12.0. The number of nitrogens with one attached hydrogen (secondary N) is 1. The number of benzene rings is 1. The monoisotopic (exact) mass is 402 g/mol. The van der Waals surface area contributed by atoms with Crippen LogP contribution in [0.4, 0.5) is 0 Å². The molecule has 0 aromatic heterocycles. The summed E-state index contributed by atoms with van der Waals surface area (Å²) in [5.74, 6) is 0.201. The quantitative estimate of drug-likeness (QED) is 0.543. The number of nitrogens with zero attached hydrogens (tertiary/aromatic N) is 1. The maximum atomic E-state index is 12.2. The van der Waals surface area contributed by atoms with Gasteiger partial charge in [-0.15, -0.1) is 11.8 Å². The minimum absolute atomic E-state index is 0.0387. The summed E-state index contributed by atoms with van der Waals surface area (Å²) >= 11 is 13.5. The van der Waals surface area contributed by atoms with Gasteiger partial charge in [0.2, 0.25) is 11.8 Å². The van der Waals surface area contributed by atoms with E-state index >= 15 is 0 Å². The molecule has 1 heterocycles. The highest BCUT2D eigenvalue weighted by Crippen LogP contribution is 2.32. The van der Waals surface area contributed by atoms with Gasteiger partial charge in [0.15, 0.2) is 0 Å². The number of thioether (sulfide) groups is 1. The molecule has 1 fully saturated rings. The van der Waals surface area contributed by atoms with E-state index in [0.717, 1.165) is 37.1 Å². The topological polar surface area (TPSA) is 49.4 Å². The molecule has 0 bridgehead atoms. The summed E-state index contributed by atoms with van der Waals surface area (Å²) in [4.78, 5) is 26.9. The second kappa shape index (κ2) is 10.3. The molecule has 1 saturated heterocycles.